The fourth-order valence-corrected chi connectivity index (χ4v) is 3.60. The predicted octanol–water partition coefficient (Wildman–Crippen LogP) is 1.42. The van der Waals surface area contributed by atoms with Gasteiger partial charge in [0.25, 0.3) is 0 Å². The second-order valence-electron chi connectivity index (χ2n) is 5.76. The molecule has 18 heavy (non-hydrogen) atoms. The molecule has 2 bridgehead atoms. The Kier molecular flexibility index (Phi) is 4.28. The Morgan fingerprint density at radius 2 is 2.17 bits per heavy atom. The number of nitrogens with zero attached hydrogens (tertiary/aromatic N) is 1. The van der Waals surface area contributed by atoms with Gasteiger partial charge < -0.3 is 14.7 Å². The summed E-state index contributed by atoms with van der Waals surface area (Å²) in [6.45, 7) is 4.87. The first-order valence-electron chi connectivity index (χ1n) is 7.14. The first-order valence-corrected chi connectivity index (χ1v) is 7.14. The highest BCUT2D eigenvalue weighted by Gasteiger charge is 2.52. The minimum Gasteiger partial charge on any atom is -0.469 e. The Morgan fingerprint density at radius 1 is 1.50 bits per heavy atom. The molecule has 3 heterocycles. The van der Waals surface area contributed by atoms with Crippen LogP contribution in [-0.2, 0) is 9.53 Å². The number of rotatable bonds is 5. The van der Waals surface area contributed by atoms with E-state index in [1.165, 1.54) is 7.11 Å². The van der Waals surface area contributed by atoms with Crippen molar-refractivity contribution in [3.63, 3.8) is 0 Å². The molecule has 0 aromatic carbocycles. The minimum absolute atomic E-state index is 0.236. The van der Waals surface area contributed by atoms with E-state index < -0.39 is 5.60 Å². The summed E-state index contributed by atoms with van der Waals surface area (Å²) in [5, 5.41) is 11.0. The lowest BCUT2D eigenvalue weighted by atomic mass is 9.67. The third kappa shape index (κ3) is 2.41. The van der Waals surface area contributed by atoms with E-state index in [0.29, 0.717) is 6.54 Å². The van der Waals surface area contributed by atoms with Gasteiger partial charge in [0.1, 0.15) is 0 Å². The van der Waals surface area contributed by atoms with Crippen molar-refractivity contribution in [2.45, 2.75) is 44.6 Å². The molecular formula is C14H25NO3. The molecule has 2 unspecified atom stereocenters. The average molecular weight is 255 g/mol. The number of carbonyl (C=O) groups excluding carboxylic acids is 1. The second kappa shape index (κ2) is 5.57. The molecule has 3 aliphatic heterocycles. The van der Waals surface area contributed by atoms with Gasteiger partial charge in [-0.2, -0.15) is 0 Å². The molecule has 4 nitrogen and oxygen atoms in total. The second-order valence-corrected chi connectivity index (χ2v) is 5.76. The van der Waals surface area contributed by atoms with E-state index in [9.17, 15) is 9.90 Å². The van der Waals surface area contributed by atoms with Crippen LogP contribution in [0.4, 0.5) is 0 Å². The number of hydrogen-bond donors (Lipinski definition) is 1. The van der Waals surface area contributed by atoms with Crippen LogP contribution in [0.1, 0.15) is 39.0 Å². The van der Waals surface area contributed by atoms with Crippen molar-refractivity contribution in [1.29, 1.82) is 0 Å². The molecule has 3 saturated heterocycles. The first kappa shape index (κ1) is 13.8. The van der Waals surface area contributed by atoms with E-state index in [2.05, 4.69) is 11.8 Å². The summed E-state index contributed by atoms with van der Waals surface area (Å²) in [6, 6.07) is 0. The van der Waals surface area contributed by atoms with Crippen molar-refractivity contribution in [3.05, 3.63) is 0 Å². The topological polar surface area (TPSA) is 49.8 Å². The molecule has 3 rings (SSSR count). The highest BCUT2D eigenvalue weighted by atomic mass is 16.5. The molecule has 2 atom stereocenters. The van der Waals surface area contributed by atoms with E-state index >= 15 is 0 Å². The van der Waals surface area contributed by atoms with Crippen LogP contribution in [0.25, 0.3) is 0 Å². The summed E-state index contributed by atoms with van der Waals surface area (Å²) in [7, 11) is 1.42. The maximum absolute atomic E-state index is 12.0. The van der Waals surface area contributed by atoms with E-state index in [-0.39, 0.29) is 17.8 Å². The van der Waals surface area contributed by atoms with Crippen LogP contribution < -0.4 is 0 Å². The monoisotopic (exact) mass is 255 g/mol. The van der Waals surface area contributed by atoms with Crippen LogP contribution >= 0.6 is 0 Å². The molecule has 0 aromatic heterocycles. The number of unbranched alkanes of at least 4 members (excludes halogenated alkanes) is 1. The number of esters is 1. The van der Waals surface area contributed by atoms with Crippen molar-refractivity contribution in [1.82, 2.24) is 4.90 Å². The highest BCUT2D eigenvalue weighted by Crippen LogP contribution is 2.42. The van der Waals surface area contributed by atoms with Gasteiger partial charge in [-0.1, -0.05) is 19.8 Å². The fourth-order valence-electron chi connectivity index (χ4n) is 3.60. The maximum atomic E-state index is 12.0. The molecule has 3 aliphatic rings. The zero-order valence-electron chi connectivity index (χ0n) is 11.5. The third-order valence-corrected chi connectivity index (χ3v) is 4.71. The lowest BCUT2D eigenvalue weighted by Crippen LogP contribution is -2.63. The van der Waals surface area contributed by atoms with Crippen molar-refractivity contribution in [3.8, 4) is 0 Å². The molecule has 1 N–H and O–H groups in total. The fraction of sp³-hybridized carbons (Fsp3) is 0.929. The Balaban J connectivity index is 2.15. The summed E-state index contributed by atoms with van der Waals surface area (Å²) >= 11 is 0. The van der Waals surface area contributed by atoms with E-state index in [1.807, 2.05) is 0 Å². The lowest BCUT2D eigenvalue weighted by Gasteiger charge is -2.52. The largest absolute Gasteiger partial charge is 0.469 e. The predicted molar refractivity (Wildman–Crippen MR) is 69.1 cm³/mol. The van der Waals surface area contributed by atoms with E-state index in [1.54, 1.807) is 0 Å². The average Bonchev–Trinajstić information content (AvgIpc) is 2.39. The highest BCUT2D eigenvalue weighted by molar-refractivity contribution is 5.74. The molecule has 0 radical (unpaired) electrons. The Morgan fingerprint density at radius 3 is 2.61 bits per heavy atom. The smallest absolute Gasteiger partial charge is 0.311 e. The maximum Gasteiger partial charge on any atom is 0.311 e. The number of piperidine rings is 3. The number of fused-ring (bicyclic) bond motifs is 3. The van der Waals surface area contributed by atoms with Gasteiger partial charge in [-0.15, -0.1) is 0 Å². The number of aliphatic hydroxyl groups is 1. The number of hydrogen-bond acceptors (Lipinski definition) is 4. The molecule has 0 amide bonds. The Hall–Kier alpha value is -0.610. The normalized spacial score (nSPS) is 36.4. The quantitative estimate of drug-likeness (QED) is 0.755. The standard InChI is InChI=1S/C14H25NO3/c1-3-4-5-12(13(16)18-2)14(17)10-15-8-6-11(14)7-9-15/h11-12,17H,3-10H2,1-2H3. The van der Waals surface area contributed by atoms with Gasteiger partial charge in [-0.25, -0.2) is 0 Å². The summed E-state index contributed by atoms with van der Waals surface area (Å²) in [6.07, 6.45) is 4.77. The number of ether oxygens (including phenoxy) is 1. The summed E-state index contributed by atoms with van der Waals surface area (Å²) < 4.78 is 4.92. The zero-order valence-corrected chi connectivity index (χ0v) is 11.5. The zero-order chi connectivity index (χ0) is 13.2. The molecule has 0 saturated carbocycles. The molecule has 0 spiro atoms. The van der Waals surface area contributed by atoms with Crippen LogP contribution in [0, 0.1) is 11.8 Å². The van der Waals surface area contributed by atoms with Crippen LogP contribution in [0.15, 0.2) is 0 Å². The molecule has 0 aliphatic carbocycles. The van der Waals surface area contributed by atoms with Gasteiger partial charge in [0.2, 0.25) is 0 Å². The van der Waals surface area contributed by atoms with Gasteiger partial charge >= 0.3 is 5.97 Å². The molecule has 4 heteroatoms. The van der Waals surface area contributed by atoms with Gasteiger partial charge in [0.15, 0.2) is 0 Å². The van der Waals surface area contributed by atoms with Crippen molar-refractivity contribution in [2.24, 2.45) is 11.8 Å². The van der Waals surface area contributed by atoms with E-state index in [0.717, 1.165) is 45.2 Å². The van der Waals surface area contributed by atoms with Crippen LogP contribution in [0.5, 0.6) is 0 Å². The van der Waals surface area contributed by atoms with Crippen LogP contribution in [-0.4, -0.2) is 48.3 Å². The molecular weight excluding hydrogens is 230 g/mol. The number of carbonyl (C=O) groups is 1. The van der Waals surface area contributed by atoms with Gasteiger partial charge in [-0.3, -0.25) is 4.79 Å². The summed E-state index contributed by atoms with van der Waals surface area (Å²) in [4.78, 5) is 14.3. The Labute approximate surface area is 109 Å². The first-order chi connectivity index (χ1) is 8.61. The minimum atomic E-state index is -0.862. The molecule has 3 fully saturated rings. The molecule has 104 valence electrons. The summed E-state index contributed by atoms with van der Waals surface area (Å²) in [5.41, 5.74) is -0.862. The van der Waals surface area contributed by atoms with Gasteiger partial charge in [0.05, 0.1) is 18.6 Å². The summed E-state index contributed by atoms with van der Waals surface area (Å²) in [5.74, 6) is -0.321. The van der Waals surface area contributed by atoms with Crippen molar-refractivity contribution < 1.29 is 14.6 Å². The van der Waals surface area contributed by atoms with Gasteiger partial charge in [0, 0.05) is 6.54 Å². The van der Waals surface area contributed by atoms with Crippen LogP contribution in [0.3, 0.4) is 0 Å². The number of methoxy groups -OCH3 is 1. The van der Waals surface area contributed by atoms with Crippen LogP contribution in [0.2, 0.25) is 0 Å². The lowest BCUT2D eigenvalue weighted by molar-refractivity contribution is -0.179. The van der Waals surface area contributed by atoms with Crippen molar-refractivity contribution >= 4 is 5.97 Å². The molecule has 0 aromatic rings. The Bertz CT molecular complexity index is 299. The van der Waals surface area contributed by atoms with Gasteiger partial charge in [-0.05, 0) is 38.3 Å². The van der Waals surface area contributed by atoms with Crippen molar-refractivity contribution in [2.75, 3.05) is 26.7 Å². The SMILES string of the molecule is CCCCC(C(=O)OC)C1(O)CN2CCC1CC2. The third-order valence-electron chi connectivity index (χ3n) is 4.71. The van der Waals surface area contributed by atoms with E-state index in [4.69, 9.17) is 4.74 Å².